The molecule has 58 heavy (non-hydrogen) atoms. The molecule has 0 spiro atoms. The van der Waals surface area contributed by atoms with Crippen LogP contribution in [0.2, 0.25) is 0 Å². The highest BCUT2D eigenvalue weighted by Crippen LogP contribution is 2.51. The van der Waals surface area contributed by atoms with Crippen LogP contribution in [-0.2, 0) is 45.4 Å². The summed E-state index contributed by atoms with van der Waals surface area (Å²) < 4.78 is 51.1. The number of hydrogen-bond donors (Lipinski definition) is 0. The second-order valence-corrected chi connectivity index (χ2v) is 13.7. The minimum Gasteiger partial charge on any atom is -0.489 e. The van der Waals surface area contributed by atoms with Crippen molar-refractivity contribution in [2.24, 2.45) is 0 Å². The van der Waals surface area contributed by atoms with Gasteiger partial charge in [0.1, 0.15) is 49.8 Å². The molecule has 0 radical (unpaired) electrons. The Morgan fingerprint density at radius 3 is 1.62 bits per heavy atom. The van der Waals surface area contributed by atoms with E-state index in [9.17, 15) is 4.79 Å². The Hall–Kier alpha value is -6.29. The number of fused-ring (bicyclic) bond motifs is 1. The van der Waals surface area contributed by atoms with E-state index in [4.69, 9.17) is 37.9 Å². The van der Waals surface area contributed by atoms with Crippen LogP contribution in [0.4, 0.5) is 0 Å². The first-order valence-electron chi connectivity index (χ1n) is 19.6. The van der Waals surface area contributed by atoms with Crippen molar-refractivity contribution < 1.29 is 42.7 Å². The Morgan fingerprint density at radius 2 is 1.09 bits per heavy atom. The van der Waals surface area contributed by atoms with E-state index >= 15 is 0 Å². The zero-order chi connectivity index (χ0) is 39.9. The molecule has 3 atom stereocenters. The molecule has 0 bridgehead atoms. The van der Waals surface area contributed by atoms with Gasteiger partial charge >= 0.3 is 5.97 Å². The average Bonchev–Trinajstić information content (AvgIpc) is 3.26. The molecule has 1 aliphatic heterocycles. The van der Waals surface area contributed by atoms with Gasteiger partial charge in [0.2, 0.25) is 0 Å². The van der Waals surface area contributed by atoms with Crippen LogP contribution in [0.5, 0.6) is 28.7 Å². The van der Waals surface area contributed by atoms with Gasteiger partial charge in [-0.25, -0.2) is 0 Å². The molecule has 0 unspecified atom stereocenters. The number of esters is 1. The van der Waals surface area contributed by atoms with Crippen LogP contribution in [0.15, 0.2) is 152 Å². The maximum absolute atomic E-state index is 12.9. The summed E-state index contributed by atoms with van der Waals surface area (Å²) in [5.74, 6) is 2.08. The molecule has 0 amide bonds. The molecule has 6 aromatic rings. The predicted octanol–water partition coefficient (Wildman–Crippen LogP) is 10.2. The van der Waals surface area contributed by atoms with E-state index < -0.39 is 24.3 Å². The molecule has 1 aliphatic rings. The van der Waals surface area contributed by atoms with Gasteiger partial charge in [0, 0.05) is 31.2 Å². The first-order chi connectivity index (χ1) is 28.5. The van der Waals surface area contributed by atoms with Gasteiger partial charge < -0.3 is 37.9 Å². The van der Waals surface area contributed by atoms with Crippen LogP contribution in [0.25, 0.3) is 0 Å². The summed E-state index contributed by atoms with van der Waals surface area (Å²) in [6.45, 7) is 5.66. The Bertz CT molecular complexity index is 2180. The standard InChI is InChI=1S/C49H48O9/c1-3-51-26-27-52-48-46-44(56-34-39-22-14-7-15-23-39)29-41(53-31-36-16-8-4-9-17-36)30-45(46)58-47(49(48)57-35(2)50)40-24-25-42(54-32-37-18-10-5-11-19-37)43(28-40)55-33-38-20-12-6-13-21-38/h4-25,28-30,47-49H,3,26-27,31-34H2,1-2H3/t47-,48+,49-/m1/s1. The SMILES string of the molecule is CCOCCO[C@H]1c2c(OCc3ccccc3)cc(OCc3ccccc3)cc2O[C@H](c2ccc(OCc3ccccc3)c(OCc3ccccc3)c2)[C@H]1OC(C)=O. The highest BCUT2D eigenvalue weighted by Gasteiger charge is 2.45. The second kappa shape index (κ2) is 20.2. The Labute approximate surface area is 340 Å². The van der Waals surface area contributed by atoms with Crippen molar-refractivity contribution in [1.82, 2.24) is 0 Å². The first kappa shape index (κ1) is 39.9. The highest BCUT2D eigenvalue weighted by molar-refractivity contribution is 5.67. The van der Waals surface area contributed by atoms with Gasteiger partial charge in [-0.2, -0.15) is 0 Å². The molecular formula is C49H48O9. The van der Waals surface area contributed by atoms with Gasteiger partial charge in [-0.3, -0.25) is 4.79 Å². The summed E-state index contributed by atoms with van der Waals surface area (Å²) in [7, 11) is 0. The summed E-state index contributed by atoms with van der Waals surface area (Å²) in [6, 6.07) is 49.0. The molecule has 7 rings (SSSR count). The molecule has 0 aromatic heterocycles. The fourth-order valence-electron chi connectivity index (χ4n) is 6.69. The van der Waals surface area contributed by atoms with E-state index in [-0.39, 0.29) is 13.2 Å². The summed E-state index contributed by atoms with van der Waals surface area (Å²) >= 11 is 0. The molecule has 1 heterocycles. The molecule has 0 saturated heterocycles. The fraction of sp³-hybridized carbons (Fsp3) is 0.245. The van der Waals surface area contributed by atoms with Gasteiger partial charge in [0.15, 0.2) is 23.7 Å². The van der Waals surface area contributed by atoms with Gasteiger partial charge in [-0.1, -0.05) is 127 Å². The average molecular weight is 781 g/mol. The first-order valence-corrected chi connectivity index (χ1v) is 19.6. The van der Waals surface area contributed by atoms with Gasteiger partial charge in [0.05, 0.1) is 18.8 Å². The summed E-state index contributed by atoms with van der Waals surface area (Å²) in [4.78, 5) is 12.9. The van der Waals surface area contributed by atoms with E-state index in [1.807, 2.05) is 159 Å². The predicted molar refractivity (Wildman–Crippen MR) is 220 cm³/mol. The quantitative estimate of drug-likeness (QED) is 0.0589. The molecule has 0 aliphatic carbocycles. The molecule has 298 valence electrons. The largest absolute Gasteiger partial charge is 0.489 e. The third-order valence-corrected chi connectivity index (χ3v) is 9.50. The van der Waals surface area contributed by atoms with E-state index in [0.29, 0.717) is 72.9 Å². The van der Waals surface area contributed by atoms with Crippen LogP contribution in [0.3, 0.4) is 0 Å². The van der Waals surface area contributed by atoms with Crippen molar-refractivity contribution in [3.05, 3.63) is 185 Å². The Morgan fingerprint density at radius 1 is 0.569 bits per heavy atom. The zero-order valence-electron chi connectivity index (χ0n) is 32.8. The monoisotopic (exact) mass is 780 g/mol. The lowest BCUT2D eigenvalue weighted by Gasteiger charge is -2.39. The van der Waals surface area contributed by atoms with Crippen molar-refractivity contribution in [2.45, 2.75) is 58.6 Å². The third kappa shape index (κ3) is 10.8. The molecule has 0 saturated carbocycles. The normalized spacial score (nSPS) is 15.7. The van der Waals surface area contributed by atoms with Crippen LogP contribution >= 0.6 is 0 Å². The van der Waals surface area contributed by atoms with Gasteiger partial charge in [-0.15, -0.1) is 0 Å². The van der Waals surface area contributed by atoms with Gasteiger partial charge in [-0.05, 0) is 41.3 Å². The molecule has 0 fully saturated rings. The number of rotatable bonds is 19. The number of hydrogen-bond acceptors (Lipinski definition) is 9. The van der Waals surface area contributed by atoms with Crippen molar-refractivity contribution in [3.8, 4) is 28.7 Å². The number of ether oxygens (including phenoxy) is 8. The molecule has 0 N–H and O–H groups in total. The topological polar surface area (TPSA) is 90.9 Å². The van der Waals surface area contributed by atoms with Crippen LogP contribution in [0.1, 0.15) is 59.4 Å². The highest BCUT2D eigenvalue weighted by atomic mass is 16.6. The molecular weight excluding hydrogens is 733 g/mol. The van der Waals surface area contributed by atoms with E-state index in [0.717, 1.165) is 22.3 Å². The lowest BCUT2D eigenvalue weighted by atomic mass is 9.90. The van der Waals surface area contributed by atoms with Gasteiger partial charge in [0.25, 0.3) is 0 Å². The molecule has 9 nitrogen and oxygen atoms in total. The number of benzene rings is 6. The number of carbonyl (C=O) groups is 1. The van der Waals surface area contributed by atoms with Crippen LogP contribution in [0, 0.1) is 0 Å². The minimum absolute atomic E-state index is 0.227. The summed E-state index contributed by atoms with van der Waals surface area (Å²) in [6.07, 6.45) is -2.57. The van der Waals surface area contributed by atoms with Crippen LogP contribution in [-0.4, -0.2) is 31.9 Å². The maximum atomic E-state index is 12.9. The van der Waals surface area contributed by atoms with Crippen LogP contribution < -0.4 is 23.7 Å². The van der Waals surface area contributed by atoms with Crippen molar-refractivity contribution in [2.75, 3.05) is 19.8 Å². The van der Waals surface area contributed by atoms with Crippen molar-refractivity contribution in [3.63, 3.8) is 0 Å². The number of carbonyl (C=O) groups excluding carboxylic acids is 1. The molecule has 9 heteroatoms. The summed E-state index contributed by atoms with van der Waals surface area (Å²) in [5.41, 5.74) is 5.29. The lowest BCUT2D eigenvalue weighted by molar-refractivity contribution is -0.171. The Balaban J connectivity index is 1.29. The second-order valence-electron chi connectivity index (χ2n) is 13.7. The summed E-state index contributed by atoms with van der Waals surface area (Å²) in [5, 5.41) is 0. The van der Waals surface area contributed by atoms with Crippen molar-refractivity contribution in [1.29, 1.82) is 0 Å². The third-order valence-electron chi connectivity index (χ3n) is 9.50. The Kier molecular flexibility index (Phi) is 13.9. The van der Waals surface area contributed by atoms with E-state index in [1.54, 1.807) is 0 Å². The van der Waals surface area contributed by atoms with Crippen molar-refractivity contribution >= 4 is 5.97 Å². The van der Waals surface area contributed by atoms with E-state index in [2.05, 4.69) is 0 Å². The smallest absolute Gasteiger partial charge is 0.303 e. The molecule has 6 aromatic carbocycles. The lowest BCUT2D eigenvalue weighted by Crippen LogP contribution is -2.39. The minimum atomic E-state index is -0.931. The zero-order valence-corrected chi connectivity index (χ0v) is 32.8. The maximum Gasteiger partial charge on any atom is 0.303 e. The van der Waals surface area contributed by atoms with E-state index in [1.165, 1.54) is 6.92 Å². The fourth-order valence-corrected chi connectivity index (χ4v) is 6.69.